The fourth-order valence-electron chi connectivity index (χ4n) is 3.37. The first-order valence-electron chi connectivity index (χ1n) is 10.2. The van der Waals surface area contributed by atoms with Gasteiger partial charge in [0, 0.05) is 7.05 Å². The zero-order chi connectivity index (χ0) is 25.3. The largest absolute Gasteiger partial charge is 0.469 e. The average Bonchev–Trinajstić information content (AvgIpc) is 3.26. The summed E-state index contributed by atoms with van der Waals surface area (Å²) in [7, 11) is 0.728. The van der Waals surface area contributed by atoms with E-state index in [4.69, 9.17) is 16.3 Å². The van der Waals surface area contributed by atoms with Crippen LogP contribution in [0.1, 0.15) is 22.8 Å². The number of fused-ring (bicyclic) bond motifs is 1. The van der Waals surface area contributed by atoms with Crippen molar-refractivity contribution in [1.29, 1.82) is 0 Å². The minimum atomic E-state index is -0.969. The molecule has 0 saturated heterocycles. The number of urea groups is 1. The first kappa shape index (κ1) is 24.9. The number of nitrogens with zero attached hydrogens (tertiary/aromatic N) is 2. The van der Waals surface area contributed by atoms with Gasteiger partial charge in [0.1, 0.15) is 17.3 Å². The summed E-state index contributed by atoms with van der Waals surface area (Å²) in [4.78, 5) is 31.0. The Balaban J connectivity index is 1.51. The van der Waals surface area contributed by atoms with Gasteiger partial charge in [-0.05, 0) is 49.0 Å². The van der Waals surface area contributed by atoms with Gasteiger partial charge in [0.05, 0.1) is 26.0 Å². The Kier molecular flexibility index (Phi) is 7.24. The number of benzene rings is 1. The van der Waals surface area contributed by atoms with Crippen molar-refractivity contribution in [2.24, 2.45) is 0 Å². The van der Waals surface area contributed by atoms with Crippen LogP contribution in [0.3, 0.4) is 0 Å². The molecule has 0 fully saturated rings. The van der Waals surface area contributed by atoms with Gasteiger partial charge in [-0.2, -0.15) is 0 Å². The number of amides is 3. The lowest BCUT2D eigenvalue weighted by Crippen LogP contribution is -2.39. The Bertz CT molecular complexity index is 1370. The molecule has 1 aliphatic heterocycles. The van der Waals surface area contributed by atoms with Crippen LogP contribution in [0, 0.1) is 18.6 Å². The number of hydrogen-bond donors (Lipinski definition) is 3. The normalized spacial score (nSPS) is 13.8. The summed E-state index contributed by atoms with van der Waals surface area (Å²) < 4.78 is 38.6. The number of aromatic nitrogens is 1. The molecule has 1 aromatic carbocycles. The Labute approximate surface area is 211 Å². The average molecular weight is 540 g/mol. The molecular formula is C22H20ClF2N5O3S2. The van der Waals surface area contributed by atoms with Gasteiger partial charge >= 0.3 is 6.03 Å². The van der Waals surface area contributed by atoms with Crippen LogP contribution in [0.2, 0.25) is 4.34 Å². The number of carbonyl (C=O) groups excluding carboxylic acids is 2. The summed E-state index contributed by atoms with van der Waals surface area (Å²) in [6.45, 7) is 3.26. The van der Waals surface area contributed by atoms with Gasteiger partial charge < -0.3 is 10.1 Å². The summed E-state index contributed by atoms with van der Waals surface area (Å²) in [6.07, 6.45) is 1.37. The van der Waals surface area contributed by atoms with Gasteiger partial charge in [0.15, 0.2) is 18.3 Å². The zero-order valence-electron chi connectivity index (χ0n) is 18.7. The number of hydrogen-bond acceptors (Lipinski definition) is 6. The van der Waals surface area contributed by atoms with Crippen LogP contribution in [-0.2, 0) is 0 Å². The molecule has 1 unspecified atom stereocenters. The van der Waals surface area contributed by atoms with Crippen molar-refractivity contribution in [3.05, 3.63) is 57.6 Å². The highest BCUT2D eigenvalue weighted by Crippen LogP contribution is 2.36. The predicted molar refractivity (Wildman–Crippen MR) is 136 cm³/mol. The Morgan fingerprint density at radius 3 is 2.74 bits per heavy atom. The molecule has 0 bridgehead atoms. The van der Waals surface area contributed by atoms with Gasteiger partial charge in [-0.15, -0.1) is 11.3 Å². The van der Waals surface area contributed by atoms with Crippen LogP contribution in [0.4, 0.5) is 30.8 Å². The van der Waals surface area contributed by atoms with Crippen LogP contribution >= 0.6 is 33.6 Å². The van der Waals surface area contributed by atoms with E-state index in [2.05, 4.69) is 20.3 Å². The molecule has 8 nitrogen and oxygen atoms in total. The van der Waals surface area contributed by atoms with Crippen LogP contribution < -0.4 is 25.0 Å². The van der Waals surface area contributed by atoms with Crippen LogP contribution in [0.5, 0.6) is 5.75 Å². The zero-order valence-corrected chi connectivity index (χ0v) is 21.1. The molecule has 2 aromatic heterocycles. The molecule has 3 aromatic rings. The topological polar surface area (TPSA) is 95.6 Å². The molecule has 0 aliphatic carbocycles. The fraction of sp³-hybridized carbons (Fsp3) is 0.182. The molecule has 1 atom stereocenters. The molecule has 13 heteroatoms. The maximum atomic E-state index is 14.5. The lowest BCUT2D eigenvalue weighted by atomic mass is 10.1. The first-order chi connectivity index (χ1) is 16.7. The monoisotopic (exact) mass is 539 g/mol. The van der Waals surface area contributed by atoms with E-state index in [1.54, 1.807) is 19.1 Å². The third kappa shape index (κ3) is 4.95. The number of ether oxygens (including phenoxy) is 1. The molecule has 1 aliphatic rings. The molecule has 4 rings (SSSR count). The van der Waals surface area contributed by atoms with E-state index in [9.17, 15) is 18.4 Å². The van der Waals surface area contributed by atoms with Crippen molar-refractivity contribution in [2.75, 3.05) is 29.3 Å². The summed E-state index contributed by atoms with van der Waals surface area (Å²) in [5.74, 6) is -2.54. The smallest absolute Gasteiger partial charge is 0.330 e. The van der Waals surface area contributed by atoms with Crippen molar-refractivity contribution >= 4 is 68.1 Å². The second-order valence-electron chi connectivity index (χ2n) is 7.23. The Hall–Kier alpha value is -3.22. The van der Waals surface area contributed by atoms with Gasteiger partial charge in [-0.25, -0.2) is 18.6 Å². The van der Waals surface area contributed by atoms with E-state index >= 15 is 0 Å². The maximum absolute atomic E-state index is 14.5. The summed E-state index contributed by atoms with van der Waals surface area (Å²) in [5.41, 5.74) is 0.305. The number of rotatable bonds is 5. The van der Waals surface area contributed by atoms with Gasteiger partial charge in [0.2, 0.25) is 0 Å². The highest BCUT2D eigenvalue weighted by Gasteiger charge is 2.32. The Morgan fingerprint density at radius 1 is 1.34 bits per heavy atom. The first-order valence-corrected chi connectivity index (χ1v) is 12.7. The van der Waals surface area contributed by atoms with E-state index < -0.39 is 34.2 Å². The van der Waals surface area contributed by atoms with Gasteiger partial charge in [-0.1, -0.05) is 22.3 Å². The molecule has 184 valence electrons. The van der Waals surface area contributed by atoms with E-state index in [0.29, 0.717) is 15.6 Å². The molecule has 3 N–H and O–H groups in total. The second kappa shape index (κ2) is 10.2. The summed E-state index contributed by atoms with van der Waals surface area (Å²) in [5, 5.41) is 6.97. The maximum Gasteiger partial charge on any atom is 0.330 e. The second-order valence-corrected chi connectivity index (χ2v) is 11.0. The number of halogens is 3. The molecule has 35 heavy (non-hydrogen) atoms. The fourth-order valence-corrected chi connectivity index (χ4v) is 6.24. The number of nitrogens with one attached hydrogen (secondary N) is 3. The summed E-state index contributed by atoms with van der Waals surface area (Å²) in [6, 6.07) is 5.71. The van der Waals surface area contributed by atoms with Crippen LogP contribution in [-0.4, -0.2) is 36.1 Å². The van der Waals surface area contributed by atoms with E-state index in [-0.39, 0.29) is 29.5 Å². The molecule has 0 spiro atoms. The minimum absolute atomic E-state index is 0.235. The van der Waals surface area contributed by atoms with Crippen molar-refractivity contribution in [1.82, 2.24) is 9.71 Å². The number of pyridine rings is 1. The SMILES string of the molecule is C/C=S(\NC(=O)Nc1ncc(N2COc3c(cc(F)c(NC)c3F)C2=O)cc1C)c1ccc(Cl)s1. The highest BCUT2D eigenvalue weighted by molar-refractivity contribution is 8.15. The molecule has 0 radical (unpaired) electrons. The minimum Gasteiger partial charge on any atom is -0.469 e. The van der Waals surface area contributed by atoms with Crippen molar-refractivity contribution in [2.45, 2.75) is 18.1 Å². The summed E-state index contributed by atoms with van der Waals surface area (Å²) >= 11 is 7.37. The molecule has 3 amide bonds. The molecule has 0 saturated carbocycles. The third-order valence-corrected chi connectivity index (χ3v) is 8.31. The van der Waals surface area contributed by atoms with Gasteiger partial charge in [0.25, 0.3) is 5.91 Å². The van der Waals surface area contributed by atoms with Crippen molar-refractivity contribution in [3.63, 3.8) is 0 Å². The Morgan fingerprint density at radius 2 is 2.11 bits per heavy atom. The van der Waals surface area contributed by atoms with E-state index in [1.165, 1.54) is 29.5 Å². The number of carbonyl (C=O) groups is 2. The standard InChI is InChI=1S/C22H20ClF2N5O3S2/c1-4-35(16-6-5-15(23)34-16)29-22(32)28-20-11(2)7-12(9-27-20)30-10-33-19-13(21(30)31)8-14(24)18(26-3)17(19)25/h4-9,26H,10H2,1-3H3,(H2,27,28,29,32). The van der Waals surface area contributed by atoms with Crippen molar-refractivity contribution < 1.29 is 23.1 Å². The van der Waals surface area contributed by atoms with Crippen molar-refractivity contribution in [3.8, 4) is 5.75 Å². The van der Waals surface area contributed by atoms with Gasteiger partial charge in [-0.3, -0.25) is 19.7 Å². The van der Waals surface area contributed by atoms with Crippen LogP contribution in [0.25, 0.3) is 0 Å². The quantitative estimate of drug-likeness (QED) is 0.366. The lowest BCUT2D eigenvalue weighted by molar-refractivity contribution is 0.0932. The van der Waals surface area contributed by atoms with E-state index in [1.807, 2.05) is 18.4 Å². The highest BCUT2D eigenvalue weighted by atomic mass is 35.5. The van der Waals surface area contributed by atoms with Crippen LogP contribution in [0.15, 0.2) is 34.7 Å². The number of anilines is 3. The molecular weight excluding hydrogens is 520 g/mol. The molecule has 3 heterocycles. The van der Waals surface area contributed by atoms with E-state index in [0.717, 1.165) is 10.3 Å². The predicted octanol–water partition coefficient (Wildman–Crippen LogP) is 5.61. The number of aryl methyl sites for hydroxylation is 1. The number of thiophene rings is 1. The third-order valence-electron chi connectivity index (χ3n) is 5.05. The lowest BCUT2D eigenvalue weighted by Gasteiger charge is -2.29.